The Kier molecular flexibility index (Phi) is 4.40. The average Bonchev–Trinajstić information content (AvgIpc) is 2.31. The molecular weight excluding hydrogens is 214 g/mol. The van der Waals surface area contributed by atoms with E-state index in [2.05, 4.69) is 31.3 Å². The molecule has 2 rings (SSSR count). The van der Waals surface area contributed by atoms with Gasteiger partial charge >= 0.3 is 0 Å². The SMILES string of the molecule is CCCNC(C)c1cccc(OC2COC2)c1. The maximum absolute atomic E-state index is 5.79. The van der Waals surface area contributed by atoms with Gasteiger partial charge in [-0.05, 0) is 37.6 Å². The molecule has 1 N–H and O–H groups in total. The maximum atomic E-state index is 5.79. The van der Waals surface area contributed by atoms with Gasteiger partial charge < -0.3 is 14.8 Å². The van der Waals surface area contributed by atoms with E-state index in [-0.39, 0.29) is 6.10 Å². The lowest BCUT2D eigenvalue weighted by Gasteiger charge is -2.27. The predicted molar refractivity (Wildman–Crippen MR) is 68.4 cm³/mol. The Morgan fingerprint density at radius 1 is 1.47 bits per heavy atom. The number of nitrogens with one attached hydrogen (secondary N) is 1. The molecular formula is C14H21NO2. The van der Waals surface area contributed by atoms with Crippen molar-refractivity contribution in [2.45, 2.75) is 32.4 Å². The fourth-order valence-corrected chi connectivity index (χ4v) is 1.81. The second-order valence-corrected chi connectivity index (χ2v) is 4.53. The summed E-state index contributed by atoms with van der Waals surface area (Å²) in [5.74, 6) is 0.945. The summed E-state index contributed by atoms with van der Waals surface area (Å²) in [6, 6.07) is 8.68. The monoisotopic (exact) mass is 235 g/mol. The fourth-order valence-electron chi connectivity index (χ4n) is 1.81. The lowest BCUT2D eigenvalue weighted by molar-refractivity contribution is -0.0797. The van der Waals surface area contributed by atoms with Crippen LogP contribution < -0.4 is 10.1 Å². The Labute approximate surface area is 103 Å². The molecule has 3 nitrogen and oxygen atoms in total. The molecule has 1 unspecified atom stereocenters. The molecule has 0 bridgehead atoms. The van der Waals surface area contributed by atoms with E-state index in [1.165, 1.54) is 5.56 Å². The normalized spacial score (nSPS) is 17.5. The van der Waals surface area contributed by atoms with Gasteiger partial charge in [0.15, 0.2) is 0 Å². The smallest absolute Gasteiger partial charge is 0.145 e. The first-order chi connectivity index (χ1) is 8.29. The van der Waals surface area contributed by atoms with Crippen molar-refractivity contribution >= 4 is 0 Å². The average molecular weight is 235 g/mol. The molecule has 1 fully saturated rings. The summed E-state index contributed by atoms with van der Waals surface area (Å²) in [6.07, 6.45) is 1.39. The highest BCUT2D eigenvalue weighted by molar-refractivity contribution is 5.30. The fraction of sp³-hybridized carbons (Fsp3) is 0.571. The van der Waals surface area contributed by atoms with Crippen LogP contribution in [-0.2, 0) is 4.74 Å². The Morgan fingerprint density at radius 2 is 2.29 bits per heavy atom. The zero-order valence-corrected chi connectivity index (χ0v) is 10.6. The van der Waals surface area contributed by atoms with Gasteiger partial charge in [0.25, 0.3) is 0 Å². The summed E-state index contributed by atoms with van der Waals surface area (Å²) in [5, 5.41) is 3.48. The summed E-state index contributed by atoms with van der Waals surface area (Å²) < 4.78 is 10.9. The van der Waals surface area contributed by atoms with E-state index in [4.69, 9.17) is 9.47 Å². The number of rotatable bonds is 6. The van der Waals surface area contributed by atoms with Crippen LogP contribution >= 0.6 is 0 Å². The van der Waals surface area contributed by atoms with Gasteiger partial charge in [0.05, 0.1) is 13.2 Å². The third-order valence-corrected chi connectivity index (χ3v) is 2.97. The third kappa shape index (κ3) is 3.45. The lowest BCUT2D eigenvalue weighted by atomic mass is 10.1. The second-order valence-electron chi connectivity index (χ2n) is 4.53. The van der Waals surface area contributed by atoms with E-state index in [1.807, 2.05) is 12.1 Å². The maximum Gasteiger partial charge on any atom is 0.145 e. The van der Waals surface area contributed by atoms with Crippen LogP contribution in [0.5, 0.6) is 5.75 Å². The van der Waals surface area contributed by atoms with Crippen molar-refractivity contribution in [2.75, 3.05) is 19.8 Å². The highest BCUT2D eigenvalue weighted by atomic mass is 16.6. The van der Waals surface area contributed by atoms with Crippen molar-refractivity contribution in [3.05, 3.63) is 29.8 Å². The largest absolute Gasteiger partial charge is 0.486 e. The topological polar surface area (TPSA) is 30.5 Å². The molecule has 3 heteroatoms. The van der Waals surface area contributed by atoms with Crippen molar-refractivity contribution in [1.82, 2.24) is 5.32 Å². The van der Waals surface area contributed by atoms with E-state index >= 15 is 0 Å². The van der Waals surface area contributed by atoms with Gasteiger partial charge in [-0.1, -0.05) is 19.1 Å². The van der Waals surface area contributed by atoms with Crippen molar-refractivity contribution < 1.29 is 9.47 Å². The standard InChI is InChI=1S/C14H21NO2/c1-3-7-15-11(2)12-5-4-6-13(8-12)17-14-9-16-10-14/h4-6,8,11,14-15H,3,7,9-10H2,1-2H3. The van der Waals surface area contributed by atoms with Crippen LogP contribution in [0.3, 0.4) is 0 Å². The van der Waals surface area contributed by atoms with Gasteiger partial charge in [-0.2, -0.15) is 0 Å². The summed E-state index contributed by atoms with van der Waals surface area (Å²) in [6.45, 7) is 6.83. The molecule has 1 aliphatic heterocycles. The molecule has 0 aromatic heterocycles. The molecule has 0 amide bonds. The van der Waals surface area contributed by atoms with Gasteiger partial charge in [-0.3, -0.25) is 0 Å². The van der Waals surface area contributed by atoms with Crippen LogP contribution in [0, 0.1) is 0 Å². The van der Waals surface area contributed by atoms with Crippen LogP contribution in [0.1, 0.15) is 31.9 Å². The van der Waals surface area contributed by atoms with E-state index in [0.29, 0.717) is 19.3 Å². The molecule has 0 spiro atoms. The van der Waals surface area contributed by atoms with E-state index < -0.39 is 0 Å². The molecule has 1 saturated heterocycles. The summed E-state index contributed by atoms with van der Waals surface area (Å²) in [5.41, 5.74) is 1.27. The molecule has 1 atom stereocenters. The number of hydrogen-bond donors (Lipinski definition) is 1. The zero-order chi connectivity index (χ0) is 12.1. The van der Waals surface area contributed by atoms with Crippen LogP contribution in [0.15, 0.2) is 24.3 Å². The zero-order valence-electron chi connectivity index (χ0n) is 10.6. The number of hydrogen-bond acceptors (Lipinski definition) is 3. The predicted octanol–water partition coefficient (Wildman–Crippen LogP) is 2.52. The van der Waals surface area contributed by atoms with E-state index in [1.54, 1.807) is 0 Å². The van der Waals surface area contributed by atoms with Crippen molar-refractivity contribution in [3.8, 4) is 5.75 Å². The quantitative estimate of drug-likeness (QED) is 0.822. The Balaban J connectivity index is 1.94. The molecule has 0 radical (unpaired) electrons. The number of benzene rings is 1. The Morgan fingerprint density at radius 3 is 2.94 bits per heavy atom. The van der Waals surface area contributed by atoms with Gasteiger partial charge in [-0.25, -0.2) is 0 Å². The second kappa shape index (κ2) is 6.03. The molecule has 1 aromatic rings. The summed E-state index contributed by atoms with van der Waals surface area (Å²) in [4.78, 5) is 0. The van der Waals surface area contributed by atoms with Gasteiger partial charge in [-0.15, -0.1) is 0 Å². The van der Waals surface area contributed by atoms with Crippen molar-refractivity contribution in [3.63, 3.8) is 0 Å². The first-order valence-electron chi connectivity index (χ1n) is 6.37. The van der Waals surface area contributed by atoms with Gasteiger partial charge in [0.1, 0.15) is 11.9 Å². The van der Waals surface area contributed by atoms with Crippen LogP contribution in [0.2, 0.25) is 0 Å². The molecule has 1 aromatic carbocycles. The summed E-state index contributed by atoms with van der Waals surface area (Å²) >= 11 is 0. The minimum atomic E-state index is 0.240. The Bertz CT molecular complexity index is 350. The number of ether oxygens (including phenoxy) is 2. The van der Waals surface area contributed by atoms with Crippen molar-refractivity contribution in [2.24, 2.45) is 0 Å². The van der Waals surface area contributed by atoms with Gasteiger partial charge in [0, 0.05) is 6.04 Å². The highest BCUT2D eigenvalue weighted by Gasteiger charge is 2.20. The molecule has 1 aliphatic rings. The van der Waals surface area contributed by atoms with E-state index in [9.17, 15) is 0 Å². The lowest BCUT2D eigenvalue weighted by Crippen LogP contribution is -2.38. The minimum absolute atomic E-state index is 0.240. The van der Waals surface area contributed by atoms with Crippen LogP contribution in [0.25, 0.3) is 0 Å². The van der Waals surface area contributed by atoms with Gasteiger partial charge in [0.2, 0.25) is 0 Å². The molecule has 94 valence electrons. The Hall–Kier alpha value is -1.06. The third-order valence-electron chi connectivity index (χ3n) is 2.97. The first-order valence-corrected chi connectivity index (χ1v) is 6.37. The summed E-state index contributed by atoms with van der Waals surface area (Å²) in [7, 11) is 0. The molecule has 0 aliphatic carbocycles. The molecule has 1 heterocycles. The van der Waals surface area contributed by atoms with Crippen molar-refractivity contribution in [1.29, 1.82) is 0 Å². The van der Waals surface area contributed by atoms with Crippen LogP contribution in [-0.4, -0.2) is 25.9 Å². The van der Waals surface area contributed by atoms with Crippen LogP contribution in [0.4, 0.5) is 0 Å². The molecule has 17 heavy (non-hydrogen) atoms. The molecule has 0 saturated carbocycles. The van der Waals surface area contributed by atoms with E-state index in [0.717, 1.165) is 18.7 Å². The first kappa shape index (κ1) is 12.4. The highest BCUT2D eigenvalue weighted by Crippen LogP contribution is 2.21. The minimum Gasteiger partial charge on any atom is -0.486 e.